The minimum atomic E-state index is -4.73. The average molecular weight is 288 g/mol. The summed E-state index contributed by atoms with van der Waals surface area (Å²) < 4.78 is 38.4. The maximum atomic E-state index is 12.8. The monoisotopic (exact) mass is 288 g/mol. The summed E-state index contributed by atoms with van der Waals surface area (Å²) in [5.41, 5.74) is -1.68. The summed E-state index contributed by atoms with van der Waals surface area (Å²) in [6, 6.07) is 3.03. The smallest absolute Gasteiger partial charge is 0.384 e. The molecule has 2 rings (SSSR count). The Kier molecular flexibility index (Phi) is 3.62. The molecule has 1 aromatic carbocycles. The number of rotatable bonds is 5. The zero-order valence-corrected chi connectivity index (χ0v) is 11.0. The summed E-state index contributed by atoms with van der Waals surface area (Å²) in [7, 11) is 0. The largest absolute Gasteiger partial charge is 0.423 e. The second-order valence-electron chi connectivity index (χ2n) is 5.19. The van der Waals surface area contributed by atoms with E-state index in [9.17, 15) is 23.3 Å². The summed E-state index contributed by atoms with van der Waals surface area (Å²) in [6.45, 7) is 2.64. The van der Waals surface area contributed by atoms with E-state index >= 15 is 0 Å². The first-order valence-corrected chi connectivity index (χ1v) is 6.37. The molecule has 20 heavy (non-hydrogen) atoms. The van der Waals surface area contributed by atoms with Gasteiger partial charge in [-0.05, 0) is 36.8 Å². The van der Waals surface area contributed by atoms with Gasteiger partial charge in [0.1, 0.15) is 5.56 Å². The maximum absolute atomic E-state index is 12.8. The molecule has 0 unspecified atom stereocenters. The molecular formula is C13H15F3N2O2. The fourth-order valence-electron chi connectivity index (χ4n) is 2.15. The molecule has 1 aliphatic rings. The number of hydrogen-bond donors (Lipinski definition) is 1. The molecule has 0 radical (unpaired) electrons. The molecule has 1 saturated carbocycles. The van der Waals surface area contributed by atoms with Crippen molar-refractivity contribution in [3.05, 3.63) is 33.9 Å². The van der Waals surface area contributed by atoms with Crippen LogP contribution in [0.4, 0.5) is 24.5 Å². The number of alkyl halides is 3. The normalized spacial score (nSPS) is 16.8. The van der Waals surface area contributed by atoms with Crippen LogP contribution in [0, 0.1) is 15.5 Å². The van der Waals surface area contributed by atoms with E-state index < -0.39 is 22.4 Å². The lowest BCUT2D eigenvalue weighted by molar-refractivity contribution is -0.388. The van der Waals surface area contributed by atoms with Crippen LogP contribution >= 0.6 is 0 Å². The van der Waals surface area contributed by atoms with E-state index in [1.54, 1.807) is 0 Å². The fraction of sp³-hybridized carbons (Fsp3) is 0.538. The van der Waals surface area contributed by atoms with E-state index in [1.165, 1.54) is 6.07 Å². The molecular weight excluding hydrogens is 273 g/mol. The highest BCUT2D eigenvalue weighted by molar-refractivity contribution is 5.55. The summed E-state index contributed by atoms with van der Waals surface area (Å²) in [5.74, 6) is 0. The zero-order valence-electron chi connectivity index (χ0n) is 11.0. The number of benzene rings is 1. The molecule has 110 valence electrons. The first-order chi connectivity index (χ1) is 9.27. The molecule has 0 aliphatic heterocycles. The van der Waals surface area contributed by atoms with Crippen LogP contribution in [0.3, 0.4) is 0 Å². The van der Waals surface area contributed by atoms with E-state index in [-0.39, 0.29) is 11.1 Å². The molecule has 0 aromatic heterocycles. The van der Waals surface area contributed by atoms with Crippen molar-refractivity contribution in [2.45, 2.75) is 32.4 Å². The van der Waals surface area contributed by atoms with Gasteiger partial charge in [0.15, 0.2) is 0 Å². The Morgan fingerprint density at radius 1 is 1.40 bits per heavy atom. The van der Waals surface area contributed by atoms with E-state index in [1.807, 2.05) is 6.92 Å². The second-order valence-corrected chi connectivity index (χ2v) is 5.19. The third-order valence-electron chi connectivity index (χ3n) is 3.87. The van der Waals surface area contributed by atoms with Crippen LogP contribution in [0.2, 0.25) is 0 Å². The number of nitrogens with zero attached hydrogens (tertiary/aromatic N) is 1. The van der Waals surface area contributed by atoms with Gasteiger partial charge in [0.05, 0.1) is 4.92 Å². The van der Waals surface area contributed by atoms with Gasteiger partial charge >= 0.3 is 6.18 Å². The molecule has 7 heteroatoms. The Morgan fingerprint density at radius 3 is 2.50 bits per heavy atom. The van der Waals surface area contributed by atoms with E-state index in [0.29, 0.717) is 6.54 Å². The van der Waals surface area contributed by atoms with Crippen molar-refractivity contribution in [1.82, 2.24) is 0 Å². The molecule has 1 aliphatic carbocycles. The van der Waals surface area contributed by atoms with Gasteiger partial charge in [-0.1, -0.05) is 6.92 Å². The minimum Gasteiger partial charge on any atom is -0.384 e. The molecule has 4 nitrogen and oxygen atoms in total. The standard InChI is InChI=1S/C13H15F3N2O2/c1-2-12(5-6-12)8-17-9-3-4-11(18(19)20)10(7-9)13(14,15)16/h3-4,7,17H,2,5-6,8H2,1H3. The Morgan fingerprint density at radius 2 is 2.05 bits per heavy atom. The number of nitro groups is 1. The third kappa shape index (κ3) is 3.02. The van der Waals surface area contributed by atoms with Gasteiger partial charge in [-0.25, -0.2) is 0 Å². The van der Waals surface area contributed by atoms with Crippen molar-refractivity contribution in [3.8, 4) is 0 Å². The van der Waals surface area contributed by atoms with Crippen LogP contribution in [0.1, 0.15) is 31.7 Å². The first kappa shape index (κ1) is 14.6. The Hall–Kier alpha value is -1.79. The lowest BCUT2D eigenvalue weighted by Crippen LogP contribution is -2.15. The van der Waals surface area contributed by atoms with Crippen LogP contribution in [0.5, 0.6) is 0 Å². The minimum absolute atomic E-state index is 0.181. The summed E-state index contributed by atoms with van der Waals surface area (Å²) >= 11 is 0. The maximum Gasteiger partial charge on any atom is 0.423 e. The van der Waals surface area contributed by atoms with E-state index in [2.05, 4.69) is 5.32 Å². The summed E-state index contributed by atoms with van der Waals surface area (Å²) in [5, 5.41) is 13.6. The molecule has 1 N–H and O–H groups in total. The fourth-order valence-corrected chi connectivity index (χ4v) is 2.15. The predicted molar refractivity (Wildman–Crippen MR) is 68.5 cm³/mol. The molecule has 0 spiro atoms. The van der Waals surface area contributed by atoms with Gasteiger partial charge in [0.25, 0.3) is 5.69 Å². The lowest BCUT2D eigenvalue weighted by atomic mass is 10.0. The van der Waals surface area contributed by atoms with Crippen LogP contribution in [0.25, 0.3) is 0 Å². The number of anilines is 1. The quantitative estimate of drug-likeness (QED) is 0.652. The molecule has 0 bridgehead atoms. The van der Waals surface area contributed by atoms with Crippen molar-refractivity contribution >= 4 is 11.4 Å². The number of hydrogen-bond acceptors (Lipinski definition) is 3. The molecule has 0 saturated heterocycles. The molecule has 0 heterocycles. The molecule has 0 atom stereocenters. The number of halogens is 3. The van der Waals surface area contributed by atoms with Gasteiger partial charge in [-0.15, -0.1) is 0 Å². The van der Waals surface area contributed by atoms with Crippen molar-refractivity contribution in [1.29, 1.82) is 0 Å². The van der Waals surface area contributed by atoms with Crippen LogP contribution < -0.4 is 5.32 Å². The zero-order chi connectivity index (χ0) is 15.0. The highest BCUT2D eigenvalue weighted by atomic mass is 19.4. The van der Waals surface area contributed by atoms with Crippen molar-refractivity contribution in [2.24, 2.45) is 5.41 Å². The highest BCUT2D eigenvalue weighted by Crippen LogP contribution is 2.48. The SMILES string of the molecule is CCC1(CNc2ccc([N+](=O)[O-])c(C(F)(F)F)c2)CC1. The van der Waals surface area contributed by atoms with E-state index in [4.69, 9.17) is 0 Å². The van der Waals surface area contributed by atoms with Gasteiger partial charge in [-0.3, -0.25) is 10.1 Å². The average Bonchev–Trinajstić information content (AvgIpc) is 3.15. The molecule has 1 aromatic rings. The number of nitrogens with one attached hydrogen (secondary N) is 1. The Bertz CT molecular complexity index is 525. The lowest BCUT2D eigenvalue weighted by Gasteiger charge is -2.15. The highest BCUT2D eigenvalue weighted by Gasteiger charge is 2.41. The topological polar surface area (TPSA) is 55.2 Å². The first-order valence-electron chi connectivity index (χ1n) is 6.37. The Labute approximate surface area is 114 Å². The molecule has 1 fully saturated rings. The van der Waals surface area contributed by atoms with Crippen LogP contribution in [0.15, 0.2) is 18.2 Å². The van der Waals surface area contributed by atoms with Crippen molar-refractivity contribution in [3.63, 3.8) is 0 Å². The second kappa shape index (κ2) is 4.96. The Balaban J connectivity index is 2.21. The summed E-state index contributed by atoms with van der Waals surface area (Å²) in [4.78, 5) is 9.63. The third-order valence-corrected chi connectivity index (χ3v) is 3.87. The molecule has 0 amide bonds. The van der Waals surface area contributed by atoms with E-state index in [0.717, 1.165) is 31.4 Å². The van der Waals surface area contributed by atoms with Crippen LogP contribution in [-0.4, -0.2) is 11.5 Å². The summed E-state index contributed by atoms with van der Waals surface area (Å²) in [6.07, 6.45) is -1.63. The van der Waals surface area contributed by atoms with Crippen LogP contribution in [-0.2, 0) is 6.18 Å². The van der Waals surface area contributed by atoms with Gasteiger partial charge in [0.2, 0.25) is 0 Å². The van der Waals surface area contributed by atoms with Crippen molar-refractivity contribution in [2.75, 3.05) is 11.9 Å². The number of nitro benzene ring substituents is 1. The van der Waals surface area contributed by atoms with Gasteiger partial charge in [0, 0.05) is 18.3 Å². The van der Waals surface area contributed by atoms with Gasteiger partial charge in [-0.2, -0.15) is 13.2 Å². The van der Waals surface area contributed by atoms with Gasteiger partial charge < -0.3 is 5.32 Å². The van der Waals surface area contributed by atoms with Crippen molar-refractivity contribution < 1.29 is 18.1 Å². The predicted octanol–water partition coefficient (Wildman–Crippen LogP) is 4.22.